The first-order valence-corrected chi connectivity index (χ1v) is 15.3. The molecule has 2 N–H and O–H groups in total. The second-order valence-corrected chi connectivity index (χ2v) is 11.7. The number of aliphatic hydroxyl groups is 1. The number of aryl methyl sites for hydroxylation is 1. The summed E-state index contributed by atoms with van der Waals surface area (Å²) in [7, 11) is 0. The van der Waals surface area contributed by atoms with Crippen LogP contribution in [0.15, 0.2) is 152 Å². The van der Waals surface area contributed by atoms with Crippen LogP contribution in [0.4, 0.5) is 5.69 Å². The van der Waals surface area contributed by atoms with Gasteiger partial charge in [-0.05, 0) is 103 Å². The Morgan fingerprint density at radius 1 is 0.478 bits per heavy atom. The van der Waals surface area contributed by atoms with Crippen molar-refractivity contribution in [1.82, 2.24) is 0 Å². The van der Waals surface area contributed by atoms with E-state index >= 15 is 0 Å². The summed E-state index contributed by atoms with van der Waals surface area (Å²) in [5.41, 5.74) is 4.88. The maximum absolute atomic E-state index is 10.7. The lowest BCUT2D eigenvalue weighted by atomic mass is 9.78. The minimum atomic E-state index is -0.870. The molecule has 6 rings (SSSR count). The van der Waals surface area contributed by atoms with E-state index in [4.69, 9.17) is 14.2 Å². The second kappa shape index (κ2) is 13.6. The number of nitrogens with one attached hydrogen (secondary N) is 1. The molecule has 0 saturated carbocycles. The first-order chi connectivity index (χ1) is 22.3. The Morgan fingerprint density at radius 2 is 0.848 bits per heavy atom. The van der Waals surface area contributed by atoms with Gasteiger partial charge in [0.25, 0.3) is 0 Å². The van der Waals surface area contributed by atoms with Crippen molar-refractivity contribution in [3.63, 3.8) is 0 Å². The third kappa shape index (κ3) is 7.57. The fourth-order valence-electron chi connectivity index (χ4n) is 5.13. The summed E-state index contributed by atoms with van der Waals surface area (Å²) in [6.45, 7) is 6.49. The Kier molecular flexibility index (Phi) is 9.04. The van der Waals surface area contributed by atoms with Gasteiger partial charge >= 0.3 is 0 Å². The van der Waals surface area contributed by atoms with E-state index in [-0.39, 0.29) is 5.41 Å². The summed E-state index contributed by atoms with van der Waals surface area (Å²) in [4.78, 5) is 0. The Labute approximate surface area is 270 Å². The lowest BCUT2D eigenvalue weighted by Gasteiger charge is -2.26. The monoisotopic (exact) mass is 607 g/mol. The van der Waals surface area contributed by atoms with Crippen LogP contribution in [0.2, 0.25) is 0 Å². The number of hydrogen-bond acceptors (Lipinski definition) is 5. The molecule has 0 aromatic heterocycles. The lowest BCUT2D eigenvalue weighted by molar-refractivity contribution is 0.208. The van der Waals surface area contributed by atoms with Crippen molar-refractivity contribution in [2.75, 3.05) is 5.32 Å². The van der Waals surface area contributed by atoms with E-state index < -0.39 is 6.23 Å². The number of hydrogen-bond donors (Lipinski definition) is 2. The Balaban J connectivity index is 1.03. The highest BCUT2D eigenvalue weighted by molar-refractivity contribution is 5.49. The van der Waals surface area contributed by atoms with Crippen LogP contribution in [0, 0.1) is 6.92 Å². The van der Waals surface area contributed by atoms with Crippen molar-refractivity contribution in [2.45, 2.75) is 32.4 Å². The zero-order chi connectivity index (χ0) is 31.9. The predicted octanol–water partition coefficient (Wildman–Crippen LogP) is 10.8. The van der Waals surface area contributed by atoms with Gasteiger partial charge in [-0.15, -0.1) is 0 Å². The molecule has 1 atom stereocenters. The molecule has 0 aliphatic carbocycles. The van der Waals surface area contributed by atoms with Crippen molar-refractivity contribution in [2.24, 2.45) is 0 Å². The van der Waals surface area contributed by atoms with Gasteiger partial charge < -0.3 is 24.6 Å². The summed E-state index contributed by atoms with van der Waals surface area (Å²) >= 11 is 0. The van der Waals surface area contributed by atoms with Gasteiger partial charge in [-0.1, -0.05) is 86.1 Å². The molecule has 0 bridgehead atoms. The Morgan fingerprint density at radius 3 is 1.30 bits per heavy atom. The molecule has 5 heteroatoms. The molecule has 230 valence electrons. The smallest absolute Gasteiger partial charge is 0.150 e. The van der Waals surface area contributed by atoms with Crippen LogP contribution in [0.3, 0.4) is 0 Å². The number of rotatable bonds is 11. The fourth-order valence-corrected chi connectivity index (χ4v) is 5.13. The van der Waals surface area contributed by atoms with Crippen LogP contribution < -0.4 is 19.5 Å². The van der Waals surface area contributed by atoms with Gasteiger partial charge in [0.2, 0.25) is 0 Å². The maximum Gasteiger partial charge on any atom is 0.150 e. The first-order valence-electron chi connectivity index (χ1n) is 15.3. The highest BCUT2D eigenvalue weighted by Gasteiger charge is 2.23. The summed E-state index contributed by atoms with van der Waals surface area (Å²) < 4.78 is 18.0. The van der Waals surface area contributed by atoms with Gasteiger partial charge in [-0.2, -0.15) is 0 Å². The van der Waals surface area contributed by atoms with E-state index in [1.54, 1.807) is 0 Å². The largest absolute Gasteiger partial charge is 0.457 e. The second-order valence-electron chi connectivity index (χ2n) is 11.7. The third-order valence-corrected chi connectivity index (χ3v) is 7.98. The van der Waals surface area contributed by atoms with E-state index in [0.29, 0.717) is 11.5 Å². The molecule has 0 aliphatic rings. The predicted molar refractivity (Wildman–Crippen MR) is 184 cm³/mol. The standard InChI is InChI=1S/C41H37NO4/c1-29-9-19-35(20-10-29)45-37-23-13-31(14-24-37)41(2,3)32-15-25-38(26-16-32)46-39-27-17-33(18-28-39)42-40(43)30-11-21-36(22-12-30)44-34-7-5-4-6-8-34/h4-28,40,42-43H,1-3H3. The summed E-state index contributed by atoms with van der Waals surface area (Å²) in [6.07, 6.45) is -0.870. The van der Waals surface area contributed by atoms with E-state index in [9.17, 15) is 5.11 Å². The molecular formula is C41H37NO4. The Bertz CT molecular complexity index is 1830. The van der Waals surface area contributed by atoms with Gasteiger partial charge in [0.1, 0.15) is 34.5 Å². The lowest BCUT2D eigenvalue weighted by Crippen LogP contribution is -2.18. The van der Waals surface area contributed by atoms with Crippen LogP contribution in [-0.4, -0.2) is 5.11 Å². The van der Waals surface area contributed by atoms with E-state index in [1.165, 1.54) is 16.7 Å². The highest BCUT2D eigenvalue weighted by atomic mass is 16.5. The molecule has 6 aromatic carbocycles. The molecule has 46 heavy (non-hydrogen) atoms. The van der Waals surface area contributed by atoms with Crippen LogP contribution in [-0.2, 0) is 5.41 Å². The molecule has 5 nitrogen and oxygen atoms in total. The molecule has 0 aliphatic heterocycles. The topological polar surface area (TPSA) is 60.0 Å². The van der Waals surface area contributed by atoms with Gasteiger partial charge in [0.15, 0.2) is 6.23 Å². The molecular weight excluding hydrogens is 570 g/mol. The van der Waals surface area contributed by atoms with Crippen LogP contribution >= 0.6 is 0 Å². The van der Waals surface area contributed by atoms with Crippen molar-refractivity contribution >= 4 is 5.69 Å². The highest BCUT2D eigenvalue weighted by Crippen LogP contribution is 2.35. The summed E-state index contributed by atoms with van der Waals surface area (Å²) in [5.74, 6) is 4.57. The molecule has 0 amide bonds. The van der Waals surface area contributed by atoms with Crippen molar-refractivity contribution in [3.8, 4) is 34.5 Å². The van der Waals surface area contributed by atoms with Gasteiger partial charge in [-0.3, -0.25) is 0 Å². The van der Waals surface area contributed by atoms with Crippen LogP contribution in [0.25, 0.3) is 0 Å². The van der Waals surface area contributed by atoms with E-state index in [2.05, 4.69) is 50.4 Å². The summed E-state index contributed by atoms with van der Waals surface area (Å²) in [5, 5.41) is 13.9. The minimum Gasteiger partial charge on any atom is -0.457 e. The molecule has 0 saturated heterocycles. The number of ether oxygens (including phenoxy) is 3. The minimum absolute atomic E-state index is 0.204. The van der Waals surface area contributed by atoms with Crippen LogP contribution in [0.5, 0.6) is 34.5 Å². The van der Waals surface area contributed by atoms with Gasteiger partial charge in [0.05, 0.1) is 0 Å². The number of aliphatic hydroxyl groups excluding tert-OH is 1. The molecule has 0 fully saturated rings. The quantitative estimate of drug-likeness (QED) is 0.144. The Hall–Kier alpha value is -5.52. The van der Waals surface area contributed by atoms with Crippen molar-refractivity contribution in [3.05, 3.63) is 174 Å². The molecule has 0 heterocycles. The normalized spacial score (nSPS) is 11.8. The summed E-state index contributed by atoms with van der Waals surface area (Å²) in [6, 6.07) is 49.0. The van der Waals surface area contributed by atoms with Crippen LogP contribution in [0.1, 0.15) is 42.3 Å². The zero-order valence-electron chi connectivity index (χ0n) is 26.2. The van der Waals surface area contributed by atoms with Gasteiger partial charge in [-0.25, -0.2) is 0 Å². The molecule has 6 aromatic rings. The van der Waals surface area contributed by atoms with Gasteiger partial charge in [0, 0.05) is 16.7 Å². The molecule has 0 spiro atoms. The SMILES string of the molecule is Cc1ccc(Oc2ccc(C(C)(C)c3ccc(Oc4ccc(NC(O)c5ccc(Oc6ccccc6)cc5)cc4)cc3)cc2)cc1. The molecule has 1 unspecified atom stereocenters. The van der Waals surface area contributed by atoms with E-state index in [1.807, 2.05) is 127 Å². The first kappa shape index (κ1) is 30.5. The number of para-hydroxylation sites is 1. The van der Waals surface area contributed by atoms with Crippen molar-refractivity contribution in [1.29, 1.82) is 0 Å². The maximum atomic E-state index is 10.7. The van der Waals surface area contributed by atoms with Crippen molar-refractivity contribution < 1.29 is 19.3 Å². The number of benzene rings is 6. The third-order valence-electron chi connectivity index (χ3n) is 7.98. The average molecular weight is 608 g/mol. The zero-order valence-corrected chi connectivity index (χ0v) is 26.2. The number of anilines is 1. The average Bonchev–Trinajstić information content (AvgIpc) is 3.08. The molecule has 0 radical (unpaired) electrons. The van der Waals surface area contributed by atoms with E-state index in [0.717, 1.165) is 34.2 Å². The fraction of sp³-hybridized carbons (Fsp3) is 0.122.